The predicted molar refractivity (Wildman–Crippen MR) is 71.0 cm³/mol. The van der Waals surface area contributed by atoms with Crippen LogP contribution in [0, 0.1) is 0 Å². The number of aromatic nitrogens is 1. The summed E-state index contributed by atoms with van der Waals surface area (Å²) in [5.74, 6) is -0.223. The summed E-state index contributed by atoms with van der Waals surface area (Å²) < 4.78 is 0. The van der Waals surface area contributed by atoms with E-state index in [0.29, 0.717) is 11.4 Å². The second-order valence-corrected chi connectivity index (χ2v) is 4.08. The van der Waals surface area contributed by atoms with E-state index in [9.17, 15) is 4.79 Å². The molecule has 0 saturated carbocycles. The van der Waals surface area contributed by atoms with Gasteiger partial charge >= 0.3 is 0 Å². The maximum absolute atomic E-state index is 12.0. The summed E-state index contributed by atoms with van der Waals surface area (Å²) in [5, 5.41) is 2.88. The van der Waals surface area contributed by atoms with Crippen LogP contribution >= 0.6 is 0 Å². The van der Waals surface area contributed by atoms with Gasteiger partial charge in [0.2, 0.25) is 0 Å². The Labute approximate surface area is 106 Å². The van der Waals surface area contributed by atoms with Crippen molar-refractivity contribution < 1.29 is 4.79 Å². The minimum atomic E-state index is -0.223. The fraction of sp³-hybridized carbons (Fsp3) is 0.143. The number of benzene rings is 1. The Balaban J connectivity index is 2.08. The van der Waals surface area contributed by atoms with E-state index in [1.54, 1.807) is 12.1 Å². The Bertz CT molecular complexity index is 540. The molecule has 4 nitrogen and oxygen atoms in total. The van der Waals surface area contributed by atoms with Gasteiger partial charge in [-0.3, -0.25) is 9.78 Å². The number of hydrogen-bond acceptors (Lipinski definition) is 3. The number of carbonyl (C=O) groups excluding carboxylic acids is 1. The third kappa shape index (κ3) is 2.85. The zero-order valence-corrected chi connectivity index (χ0v) is 10.1. The number of amides is 1. The highest BCUT2D eigenvalue weighted by Crippen LogP contribution is 2.12. The summed E-state index contributed by atoms with van der Waals surface area (Å²) in [6.07, 6.45) is 1.53. The summed E-state index contributed by atoms with van der Waals surface area (Å²) in [7, 11) is 0. The van der Waals surface area contributed by atoms with Gasteiger partial charge in [-0.15, -0.1) is 0 Å². The Hall–Kier alpha value is -2.36. The van der Waals surface area contributed by atoms with Crippen molar-refractivity contribution in [3.05, 3.63) is 59.9 Å². The molecule has 0 radical (unpaired) electrons. The van der Waals surface area contributed by atoms with Gasteiger partial charge in [0.05, 0.1) is 6.04 Å². The van der Waals surface area contributed by atoms with Gasteiger partial charge in [-0.2, -0.15) is 0 Å². The van der Waals surface area contributed by atoms with Crippen molar-refractivity contribution in [1.82, 2.24) is 10.3 Å². The first-order chi connectivity index (χ1) is 8.66. The van der Waals surface area contributed by atoms with E-state index in [2.05, 4.69) is 10.3 Å². The summed E-state index contributed by atoms with van der Waals surface area (Å²) in [6.45, 7) is 1.93. The van der Waals surface area contributed by atoms with Crippen LogP contribution in [0.3, 0.4) is 0 Å². The molecular weight excluding hydrogens is 226 g/mol. The molecule has 0 fully saturated rings. The van der Waals surface area contributed by atoms with Gasteiger partial charge in [0.1, 0.15) is 5.69 Å². The molecule has 3 N–H and O–H groups in total. The number of rotatable bonds is 3. The average molecular weight is 241 g/mol. The maximum atomic E-state index is 12.0. The molecule has 1 atom stereocenters. The molecule has 18 heavy (non-hydrogen) atoms. The van der Waals surface area contributed by atoms with E-state index in [-0.39, 0.29) is 11.9 Å². The number of anilines is 1. The fourth-order valence-electron chi connectivity index (χ4n) is 1.67. The van der Waals surface area contributed by atoms with E-state index in [1.165, 1.54) is 6.20 Å². The Kier molecular flexibility index (Phi) is 3.57. The van der Waals surface area contributed by atoms with Gasteiger partial charge in [0.15, 0.2) is 0 Å². The van der Waals surface area contributed by atoms with Gasteiger partial charge in [-0.25, -0.2) is 0 Å². The first kappa shape index (κ1) is 12.1. The lowest BCUT2D eigenvalue weighted by Crippen LogP contribution is -2.27. The SMILES string of the molecule is CC(NC(=O)c1cc(N)ccn1)c1ccccc1. The van der Waals surface area contributed by atoms with Gasteiger partial charge in [-0.05, 0) is 24.6 Å². The zero-order chi connectivity index (χ0) is 13.0. The molecule has 1 unspecified atom stereocenters. The van der Waals surface area contributed by atoms with Crippen LogP contribution < -0.4 is 11.1 Å². The van der Waals surface area contributed by atoms with Crippen molar-refractivity contribution in [2.45, 2.75) is 13.0 Å². The maximum Gasteiger partial charge on any atom is 0.270 e. The van der Waals surface area contributed by atoms with Crippen molar-refractivity contribution in [3.63, 3.8) is 0 Å². The van der Waals surface area contributed by atoms with Crippen molar-refractivity contribution in [2.75, 3.05) is 5.73 Å². The van der Waals surface area contributed by atoms with Crippen LogP contribution in [0.4, 0.5) is 5.69 Å². The smallest absolute Gasteiger partial charge is 0.270 e. The molecule has 0 aliphatic carbocycles. The fourth-order valence-corrected chi connectivity index (χ4v) is 1.67. The normalized spacial score (nSPS) is 11.8. The quantitative estimate of drug-likeness (QED) is 0.865. The predicted octanol–water partition coefficient (Wildman–Crippen LogP) is 2.15. The number of pyridine rings is 1. The van der Waals surface area contributed by atoms with Crippen LogP contribution in [0.2, 0.25) is 0 Å². The highest BCUT2D eigenvalue weighted by Gasteiger charge is 2.12. The monoisotopic (exact) mass is 241 g/mol. The summed E-state index contributed by atoms with van der Waals surface area (Å²) in [5.41, 5.74) is 7.53. The molecule has 1 heterocycles. The highest BCUT2D eigenvalue weighted by atomic mass is 16.1. The standard InChI is InChI=1S/C14H15N3O/c1-10(11-5-3-2-4-6-11)17-14(18)13-9-12(15)7-8-16-13/h2-10H,1H3,(H2,15,16)(H,17,18). The molecule has 1 aromatic heterocycles. The van der Waals surface area contributed by atoms with Gasteiger partial charge < -0.3 is 11.1 Å². The minimum absolute atomic E-state index is 0.0677. The van der Waals surface area contributed by atoms with E-state index in [4.69, 9.17) is 5.73 Å². The topological polar surface area (TPSA) is 68.0 Å². The van der Waals surface area contributed by atoms with Crippen LogP contribution in [0.1, 0.15) is 29.0 Å². The van der Waals surface area contributed by atoms with Crippen molar-refractivity contribution in [3.8, 4) is 0 Å². The van der Waals surface area contributed by atoms with Crippen LogP contribution in [-0.4, -0.2) is 10.9 Å². The molecule has 0 aliphatic rings. The van der Waals surface area contributed by atoms with Gasteiger partial charge in [0, 0.05) is 11.9 Å². The summed E-state index contributed by atoms with van der Waals surface area (Å²) in [4.78, 5) is 15.9. The molecule has 0 spiro atoms. The van der Waals surface area contributed by atoms with E-state index in [1.807, 2.05) is 37.3 Å². The van der Waals surface area contributed by atoms with E-state index < -0.39 is 0 Å². The number of carbonyl (C=O) groups is 1. The molecule has 0 saturated heterocycles. The molecule has 4 heteroatoms. The second-order valence-electron chi connectivity index (χ2n) is 4.08. The van der Waals surface area contributed by atoms with Crippen LogP contribution in [0.25, 0.3) is 0 Å². The second kappa shape index (κ2) is 5.31. The lowest BCUT2D eigenvalue weighted by molar-refractivity contribution is 0.0935. The molecule has 2 rings (SSSR count). The number of nitrogens with one attached hydrogen (secondary N) is 1. The molecule has 1 aromatic carbocycles. The number of nitrogen functional groups attached to an aromatic ring is 1. The molecule has 0 bridgehead atoms. The lowest BCUT2D eigenvalue weighted by Gasteiger charge is -2.13. The third-order valence-corrected chi connectivity index (χ3v) is 2.66. The Morgan fingerprint density at radius 2 is 2.00 bits per heavy atom. The lowest BCUT2D eigenvalue weighted by atomic mass is 10.1. The Morgan fingerprint density at radius 1 is 1.28 bits per heavy atom. The average Bonchev–Trinajstić information content (AvgIpc) is 2.39. The van der Waals surface area contributed by atoms with Crippen LogP contribution in [0.5, 0.6) is 0 Å². The largest absolute Gasteiger partial charge is 0.399 e. The Morgan fingerprint density at radius 3 is 2.67 bits per heavy atom. The molecule has 92 valence electrons. The number of nitrogens with two attached hydrogens (primary N) is 1. The number of hydrogen-bond donors (Lipinski definition) is 2. The van der Waals surface area contributed by atoms with Crippen molar-refractivity contribution in [1.29, 1.82) is 0 Å². The van der Waals surface area contributed by atoms with Gasteiger partial charge in [-0.1, -0.05) is 30.3 Å². The van der Waals surface area contributed by atoms with Gasteiger partial charge in [0.25, 0.3) is 5.91 Å². The van der Waals surface area contributed by atoms with E-state index >= 15 is 0 Å². The highest BCUT2D eigenvalue weighted by molar-refractivity contribution is 5.93. The zero-order valence-electron chi connectivity index (χ0n) is 10.1. The summed E-state index contributed by atoms with van der Waals surface area (Å²) in [6, 6.07) is 12.9. The van der Waals surface area contributed by atoms with Crippen LogP contribution in [0.15, 0.2) is 48.7 Å². The number of nitrogens with zero attached hydrogens (tertiary/aromatic N) is 1. The minimum Gasteiger partial charge on any atom is -0.399 e. The summed E-state index contributed by atoms with van der Waals surface area (Å²) >= 11 is 0. The van der Waals surface area contributed by atoms with Crippen LogP contribution in [-0.2, 0) is 0 Å². The molecular formula is C14H15N3O. The molecule has 0 aliphatic heterocycles. The van der Waals surface area contributed by atoms with Crippen molar-refractivity contribution >= 4 is 11.6 Å². The van der Waals surface area contributed by atoms with Crippen molar-refractivity contribution in [2.24, 2.45) is 0 Å². The first-order valence-corrected chi connectivity index (χ1v) is 5.74. The first-order valence-electron chi connectivity index (χ1n) is 5.74. The molecule has 2 aromatic rings. The molecule has 1 amide bonds. The third-order valence-electron chi connectivity index (χ3n) is 2.66. The van der Waals surface area contributed by atoms with E-state index in [0.717, 1.165) is 5.56 Å².